The first kappa shape index (κ1) is 38.8. The molecule has 0 saturated carbocycles. The molecule has 0 spiro atoms. The molecule has 10 nitrogen and oxygen atoms in total. The molecule has 0 unspecified atom stereocenters. The Bertz CT molecular complexity index is 1810. The van der Waals surface area contributed by atoms with Gasteiger partial charge in [-0.1, -0.05) is 54.6 Å². The van der Waals surface area contributed by atoms with Crippen molar-refractivity contribution >= 4 is 29.5 Å². The number of aromatic nitrogens is 2. The summed E-state index contributed by atoms with van der Waals surface area (Å²) in [5.41, 5.74) is 3.26. The maximum Gasteiger partial charge on any atom is 0.416 e. The van der Waals surface area contributed by atoms with E-state index in [0.29, 0.717) is 51.4 Å². The Hall–Kier alpha value is -5.43. The number of rotatable bonds is 14. The molecule has 1 saturated heterocycles. The summed E-state index contributed by atoms with van der Waals surface area (Å²) in [6, 6.07) is 21.0. The molecule has 1 N–H and O–H groups in total. The van der Waals surface area contributed by atoms with Crippen LogP contribution in [0.4, 0.5) is 18.9 Å². The number of carbonyl (C=O) groups is 3. The van der Waals surface area contributed by atoms with Crippen molar-refractivity contribution in [2.45, 2.75) is 38.7 Å². The van der Waals surface area contributed by atoms with Crippen LogP contribution in [-0.2, 0) is 40.1 Å². The van der Waals surface area contributed by atoms with E-state index in [2.05, 4.69) is 19.8 Å². The fourth-order valence-corrected chi connectivity index (χ4v) is 6.27. The fourth-order valence-electron chi connectivity index (χ4n) is 6.27. The number of alkyl halides is 3. The van der Waals surface area contributed by atoms with E-state index in [9.17, 15) is 27.6 Å². The minimum absolute atomic E-state index is 0.0588. The lowest BCUT2D eigenvalue weighted by Gasteiger charge is -2.36. The maximum absolute atomic E-state index is 14.4. The topological polar surface area (TPSA) is 96.1 Å². The third-order valence-corrected chi connectivity index (χ3v) is 9.44. The second-order valence-electron chi connectivity index (χ2n) is 13.4. The molecule has 3 aromatic carbocycles. The fraction of sp³-hybridized carbons (Fsp3) is 0.350. The van der Waals surface area contributed by atoms with Crippen molar-refractivity contribution in [3.8, 4) is 0 Å². The monoisotopic (exact) mass is 729 g/mol. The molecule has 1 fully saturated rings. The molecule has 0 bridgehead atoms. The normalized spacial score (nSPS) is 14.1. The van der Waals surface area contributed by atoms with E-state index in [0.717, 1.165) is 34.6 Å². The van der Waals surface area contributed by atoms with Crippen LogP contribution in [0.25, 0.3) is 6.08 Å². The summed E-state index contributed by atoms with van der Waals surface area (Å²) in [6.45, 7) is 5.98. The van der Waals surface area contributed by atoms with Gasteiger partial charge < -0.3 is 24.6 Å². The Morgan fingerprint density at radius 3 is 2.15 bits per heavy atom. The lowest BCUT2D eigenvalue weighted by atomic mass is 10.0. The van der Waals surface area contributed by atoms with Crippen molar-refractivity contribution in [1.82, 2.24) is 29.6 Å². The zero-order valence-corrected chi connectivity index (χ0v) is 30.3. The number of H-pyrrole nitrogens is 1. The number of halogens is 3. The number of nitrogens with one attached hydrogen (secondary N) is 1. The molecule has 1 atom stereocenters. The maximum atomic E-state index is 14.4. The Labute approximate surface area is 308 Å². The molecule has 5 rings (SSSR count). The molecule has 1 aliphatic rings. The van der Waals surface area contributed by atoms with Gasteiger partial charge in [-0.05, 0) is 54.1 Å². The van der Waals surface area contributed by atoms with Crippen molar-refractivity contribution in [3.05, 3.63) is 125 Å². The molecule has 2 heterocycles. The summed E-state index contributed by atoms with van der Waals surface area (Å²) in [6.07, 6.45) is 1.94. The van der Waals surface area contributed by atoms with E-state index in [-0.39, 0.29) is 24.8 Å². The molecule has 1 aromatic heterocycles. The van der Waals surface area contributed by atoms with Crippen molar-refractivity contribution in [3.63, 3.8) is 0 Å². The highest BCUT2D eigenvalue weighted by Gasteiger charge is 2.32. The van der Waals surface area contributed by atoms with Crippen LogP contribution in [0, 0.1) is 0 Å². The van der Waals surface area contributed by atoms with Crippen LogP contribution in [-0.4, -0.2) is 107 Å². The molecule has 0 aliphatic carbocycles. The van der Waals surface area contributed by atoms with E-state index in [4.69, 9.17) is 0 Å². The highest BCUT2D eigenvalue weighted by molar-refractivity contribution is 5.95. The third-order valence-electron chi connectivity index (χ3n) is 9.44. The number of piperazine rings is 1. The van der Waals surface area contributed by atoms with Gasteiger partial charge in [-0.25, -0.2) is 4.98 Å². The summed E-state index contributed by atoms with van der Waals surface area (Å²) in [5.74, 6) is -0.628. The number of hydrogen-bond acceptors (Lipinski definition) is 6. The van der Waals surface area contributed by atoms with Gasteiger partial charge in [0.15, 0.2) is 0 Å². The largest absolute Gasteiger partial charge is 0.416 e. The van der Waals surface area contributed by atoms with Crippen LogP contribution in [0.5, 0.6) is 0 Å². The number of aromatic amines is 1. The average molecular weight is 730 g/mol. The lowest BCUT2D eigenvalue weighted by Crippen LogP contribution is -2.51. The number of imidazole rings is 1. The molecule has 0 radical (unpaired) electrons. The predicted octanol–water partition coefficient (Wildman–Crippen LogP) is 5.34. The van der Waals surface area contributed by atoms with Crippen LogP contribution < -0.4 is 4.90 Å². The Kier molecular flexibility index (Phi) is 13.1. The first-order valence-electron chi connectivity index (χ1n) is 17.6. The van der Waals surface area contributed by atoms with Gasteiger partial charge in [-0.2, -0.15) is 13.2 Å². The summed E-state index contributed by atoms with van der Waals surface area (Å²) in [4.78, 5) is 56.8. The van der Waals surface area contributed by atoms with Crippen LogP contribution in [0.15, 0.2) is 97.5 Å². The van der Waals surface area contributed by atoms with Crippen molar-refractivity contribution in [1.29, 1.82) is 0 Å². The van der Waals surface area contributed by atoms with Crippen LogP contribution >= 0.6 is 0 Å². The second kappa shape index (κ2) is 17.9. The van der Waals surface area contributed by atoms with Gasteiger partial charge in [-0.15, -0.1) is 0 Å². The van der Waals surface area contributed by atoms with Crippen LogP contribution in [0.1, 0.15) is 34.9 Å². The standard InChI is InChI=1S/C40H46F3N7O3/c1-30(51)48-21-23-49(24-22-48)36-16-11-33(12-17-36)27-50(38(52)18-13-31-9-14-34(15-10-31)40(41,42)43)37(25-32-7-5-4-6-8-32)39(53)47(3)20-19-46(2)28-35-26-44-29-45-35/h4-18,26,29,37H,19-25,27-28H2,1-3H3,(H,44,45)/t37-/m0/s1. The molecule has 1 aliphatic heterocycles. The smallest absolute Gasteiger partial charge is 0.368 e. The number of amides is 3. The van der Waals surface area contributed by atoms with Gasteiger partial charge in [0.2, 0.25) is 17.7 Å². The van der Waals surface area contributed by atoms with Gasteiger partial charge in [-0.3, -0.25) is 19.3 Å². The first-order valence-corrected chi connectivity index (χ1v) is 17.6. The minimum atomic E-state index is -4.47. The predicted molar refractivity (Wildman–Crippen MR) is 198 cm³/mol. The molecule has 4 aromatic rings. The minimum Gasteiger partial charge on any atom is -0.368 e. The van der Waals surface area contributed by atoms with Gasteiger partial charge in [0.05, 0.1) is 11.9 Å². The number of benzene rings is 3. The molecule has 280 valence electrons. The Morgan fingerprint density at radius 2 is 1.55 bits per heavy atom. The molecular weight excluding hydrogens is 683 g/mol. The van der Waals surface area contributed by atoms with Crippen molar-refractivity contribution in [2.24, 2.45) is 0 Å². The van der Waals surface area contributed by atoms with Gasteiger partial charge >= 0.3 is 6.18 Å². The van der Waals surface area contributed by atoms with E-state index >= 15 is 0 Å². The van der Waals surface area contributed by atoms with Gasteiger partial charge in [0, 0.05) is 96.4 Å². The molecule has 13 heteroatoms. The zero-order chi connectivity index (χ0) is 38.0. The summed E-state index contributed by atoms with van der Waals surface area (Å²) in [5, 5.41) is 0. The van der Waals surface area contributed by atoms with E-state index < -0.39 is 23.7 Å². The number of likely N-dealkylation sites (N-methyl/N-ethyl adjacent to an activating group) is 2. The summed E-state index contributed by atoms with van der Waals surface area (Å²) in [7, 11) is 3.68. The van der Waals surface area contributed by atoms with Crippen LogP contribution in [0.3, 0.4) is 0 Å². The molecule has 3 amide bonds. The zero-order valence-electron chi connectivity index (χ0n) is 30.3. The van der Waals surface area contributed by atoms with Crippen molar-refractivity contribution < 1.29 is 27.6 Å². The molecular formula is C40H46F3N7O3. The van der Waals surface area contributed by atoms with E-state index in [1.807, 2.05) is 66.5 Å². The average Bonchev–Trinajstić information content (AvgIpc) is 3.67. The lowest BCUT2D eigenvalue weighted by molar-refractivity contribution is -0.143. The number of carbonyl (C=O) groups excluding carboxylic acids is 3. The van der Waals surface area contributed by atoms with Gasteiger partial charge in [0.25, 0.3) is 0 Å². The van der Waals surface area contributed by atoms with Gasteiger partial charge in [0.1, 0.15) is 6.04 Å². The quantitative estimate of drug-likeness (QED) is 0.176. The highest BCUT2D eigenvalue weighted by Crippen LogP contribution is 2.29. The Morgan fingerprint density at radius 1 is 0.868 bits per heavy atom. The van der Waals surface area contributed by atoms with Crippen molar-refractivity contribution in [2.75, 3.05) is 58.3 Å². The van der Waals surface area contributed by atoms with Crippen LogP contribution in [0.2, 0.25) is 0 Å². The number of anilines is 1. The third kappa shape index (κ3) is 11.0. The van der Waals surface area contributed by atoms with E-state index in [1.54, 1.807) is 36.3 Å². The Balaban J connectivity index is 1.40. The number of hydrogen-bond donors (Lipinski definition) is 1. The summed E-state index contributed by atoms with van der Waals surface area (Å²) < 4.78 is 39.5. The number of nitrogens with zero attached hydrogens (tertiary/aromatic N) is 6. The SMILES string of the molecule is CC(=O)N1CCN(c2ccc(CN(C(=O)C=Cc3ccc(C(F)(F)F)cc3)[C@@H](Cc3ccccc3)C(=O)N(C)CCN(C)Cc3cnc[nH]3)cc2)CC1. The second-order valence-corrected chi connectivity index (χ2v) is 13.4. The first-order chi connectivity index (χ1) is 25.4. The highest BCUT2D eigenvalue weighted by atomic mass is 19.4. The summed E-state index contributed by atoms with van der Waals surface area (Å²) >= 11 is 0. The molecule has 53 heavy (non-hydrogen) atoms. The van der Waals surface area contributed by atoms with E-state index in [1.165, 1.54) is 24.3 Å².